The minimum absolute atomic E-state index is 0.174. The lowest BCUT2D eigenvalue weighted by molar-refractivity contribution is -0.146. The van der Waals surface area contributed by atoms with Gasteiger partial charge >= 0.3 is 11.9 Å². The van der Waals surface area contributed by atoms with Crippen LogP contribution in [0.1, 0.15) is 19.4 Å². The highest BCUT2D eigenvalue weighted by Gasteiger charge is 2.21. The van der Waals surface area contributed by atoms with Gasteiger partial charge in [0, 0.05) is 18.0 Å². The van der Waals surface area contributed by atoms with Crippen LogP contribution in [0.5, 0.6) is 5.75 Å². The third-order valence-corrected chi connectivity index (χ3v) is 2.81. The third-order valence-electron chi connectivity index (χ3n) is 2.81. The van der Waals surface area contributed by atoms with Gasteiger partial charge in [-0.15, -0.1) is 0 Å². The molecule has 1 rings (SSSR count). The predicted octanol–water partition coefficient (Wildman–Crippen LogP) is 2.43. The second-order valence-electron chi connectivity index (χ2n) is 4.32. The van der Waals surface area contributed by atoms with Crippen LogP contribution in [-0.2, 0) is 19.1 Å². The number of carbonyl (C=O) groups is 2. The fourth-order valence-corrected chi connectivity index (χ4v) is 1.65. The maximum absolute atomic E-state index is 11.8. The molecule has 120 valence electrons. The number of benzene rings is 1. The number of aryl methyl sites for hydroxylation is 1. The molecule has 0 amide bonds. The second kappa shape index (κ2) is 8.71. The minimum atomic E-state index is -0.728. The van der Waals surface area contributed by atoms with E-state index in [9.17, 15) is 9.59 Å². The summed E-state index contributed by atoms with van der Waals surface area (Å²) in [5.74, 6) is -0.793. The number of ether oxygens (including phenoxy) is 3. The Kier molecular flexibility index (Phi) is 6.95. The number of anilines is 1. The Balaban J connectivity index is 3.02. The Labute approximate surface area is 130 Å². The van der Waals surface area contributed by atoms with E-state index in [0.29, 0.717) is 11.4 Å². The van der Waals surface area contributed by atoms with Crippen LogP contribution in [-0.4, -0.2) is 32.3 Å². The van der Waals surface area contributed by atoms with E-state index in [1.807, 2.05) is 19.1 Å². The van der Waals surface area contributed by atoms with Crippen LogP contribution in [0.2, 0.25) is 0 Å². The molecule has 1 N–H and O–H groups in total. The summed E-state index contributed by atoms with van der Waals surface area (Å²) in [4.78, 5) is 23.7. The lowest BCUT2D eigenvalue weighted by Gasteiger charge is -2.10. The Hall–Kier alpha value is -2.50. The fourth-order valence-electron chi connectivity index (χ4n) is 1.65. The van der Waals surface area contributed by atoms with Gasteiger partial charge in [0.2, 0.25) is 0 Å². The van der Waals surface area contributed by atoms with Crippen molar-refractivity contribution in [2.45, 2.75) is 20.8 Å². The Morgan fingerprint density at radius 2 is 1.73 bits per heavy atom. The topological polar surface area (TPSA) is 73.9 Å². The molecule has 0 saturated carbocycles. The number of carbonyl (C=O) groups excluding carboxylic acids is 2. The largest absolute Gasteiger partial charge is 0.497 e. The van der Waals surface area contributed by atoms with Crippen molar-refractivity contribution in [2.75, 3.05) is 25.6 Å². The molecule has 0 fully saturated rings. The van der Waals surface area contributed by atoms with Crippen molar-refractivity contribution in [2.24, 2.45) is 0 Å². The molecule has 0 aliphatic rings. The highest BCUT2D eigenvalue weighted by atomic mass is 16.6. The first-order valence-corrected chi connectivity index (χ1v) is 6.99. The highest BCUT2D eigenvalue weighted by molar-refractivity contribution is 6.14. The van der Waals surface area contributed by atoms with E-state index in [2.05, 4.69) is 5.32 Å². The predicted molar refractivity (Wildman–Crippen MR) is 82.7 cm³/mol. The summed E-state index contributed by atoms with van der Waals surface area (Å²) in [6.45, 7) is 5.58. The summed E-state index contributed by atoms with van der Waals surface area (Å²) in [5, 5.41) is 2.92. The summed E-state index contributed by atoms with van der Waals surface area (Å²) in [6, 6.07) is 5.45. The van der Waals surface area contributed by atoms with Gasteiger partial charge in [-0.3, -0.25) is 0 Å². The van der Waals surface area contributed by atoms with Gasteiger partial charge in [-0.1, -0.05) is 6.07 Å². The molecule has 1 aromatic carbocycles. The van der Waals surface area contributed by atoms with E-state index < -0.39 is 11.9 Å². The van der Waals surface area contributed by atoms with Crippen LogP contribution >= 0.6 is 0 Å². The first-order valence-electron chi connectivity index (χ1n) is 6.99. The summed E-state index contributed by atoms with van der Waals surface area (Å²) in [7, 11) is 1.56. The third kappa shape index (κ3) is 4.80. The van der Waals surface area contributed by atoms with E-state index >= 15 is 0 Å². The van der Waals surface area contributed by atoms with Crippen LogP contribution < -0.4 is 10.1 Å². The molecule has 0 spiro atoms. The van der Waals surface area contributed by atoms with Crippen molar-refractivity contribution in [3.8, 4) is 5.75 Å². The summed E-state index contributed by atoms with van der Waals surface area (Å²) in [5.41, 5.74) is 1.46. The van der Waals surface area contributed by atoms with Crippen molar-refractivity contribution in [1.82, 2.24) is 0 Å². The van der Waals surface area contributed by atoms with Crippen molar-refractivity contribution < 1.29 is 23.8 Å². The van der Waals surface area contributed by atoms with Gasteiger partial charge in [-0.25, -0.2) is 9.59 Å². The number of esters is 2. The summed E-state index contributed by atoms with van der Waals surface area (Å²) in [6.07, 6.45) is 1.29. The van der Waals surface area contributed by atoms with Crippen LogP contribution in [0, 0.1) is 6.92 Å². The average molecular weight is 307 g/mol. The number of rotatable bonds is 7. The van der Waals surface area contributed by atoms with Crippen LogP contribution in [0.3, 0.4) is 0 Å². The zero-order valence-electron chi connectivity index (χ0n) is 13.3. The maximum atomic E-state index is 11.8. The fraction of sp³-hybridized carbons (Fsp3) is 0.375. The molecule has 6 heteroatoms. The average Bonchev–Trinajstić information content (AvgIpc) is 2.49. The smallest absolute Gasteiger partial charge is 0.347 e. The van der Waals surface area contributed by atoms with E-state index in [1.54, 1.807) is 27.0 Å². The van der Waals surface area contributed by atoms with Gasteiger partial charge in [0.1, 0.15) is 5.75 Å². The first-order chi connectivity index (χ1) is 10.5. The van der Waals surface area contributed by atoms with E-state index in [0.717, 1.165) is 5.56 Å². The van der Waals surface area contributed by atoms with Gasteiger partial charge in [0.05, 0.1) is 20.3 Å². The quantitative estimate of drug-likeness (QED) is 0.361. The molecule has 0 atom stereocenters. The van der Waals surface area contributed by atoms with Crippen LogP contribution in [0.25, 0.3) is 0 Å². The molecular formula is C16H21NO5. The van der Waals surface area contributed by atoms with Crippen molar-refractivity contribution >= 4 is 17.6 Å². The zero-order chi connectivity index (χ0) is 16.5. The van der Waals surface area contributed by atoms with Crippen molar-refractivity contribution in [3.05, 3.63) is 35.5 Å². The monoisotopic (exact) mass is 307 g/mol. The molecule has 1 aromatic rings. The van der Waals surface area contributed by atoms with Gasteiger partial charge < -0.3 is 19.5 Å². The summed E-state index contributed by atoms with van der Waals surface area (Å²) >= 11 is 0. The first kappa shape index (κ1) is 17.6. The number of hydrogen-bond donors (Lipinski definition) is 1. The SMILES string of the molecule is CCOC(=O)C(=CNc1cc(OC)ccc1C)C(=O)OCC. The molecule has 0 heterocycles. The highest BCUT2D eigenvalue weighted by Crippen LogP contribution is 2.22. The molecule has 0 radical (unpaired) electrons. The zero-order valence-corrected chi connectivity index (χ0v) is 13.3. The maximum Gasteiger partial charge on any atom is 0.347 e. The van der Waals surface area contributed by atoms with Crippen molar-refractivity contribution in [1.29, 1.82) is 0 Å². The van der Waals surface area contributed by atoms with Gasteiger partial charge in [-0.2, -0.15) is 0 Å². The van der Waals surface area contributed by atoms with Gasteiger partial charge in [0.25, 0.3) is 0 Å². The van der Waals surface area contributed by atoms with Crippen LogP contribution in [0.4, 0.5) is 5.69 Å². The Morgan fingerprint density at radius 1 is 1.14 bits per heavy atom. The van der Waals surface area contributed by atoms with Crippen LogP contribution in [0.15, 0.2) is 30.0 Å². The van der Waals surface area contributed by atoms with Gasteiger partial charge in [-0.05, 0) is 32.4 Å². The molecular weight excluding hydrogens is 286 g/mol. The normalized spacial score (nSPS) is 9.64. The number of methoxy groups -OCH3 is 1. The second-order valence-corrected chi connectivity index (χ2v) is 4.32. The van der Waals surface area contributed by atoms with E-state index in [1.165, 1.54) is 6.20 Å². The van der Waals surface area contributed by atoms with Crippen molar-refractivity contribution in [3.63, 3.8) is 0 Å². The molecule has 22 heavy (non-hydrogen) atoms. The standard InChI is InChI=1S/C16H21NO5/c1-5-21-15(18)13(16(19)22-6-2)10-17-14-9-12(20-4)8-7-11(14)3/h7-10,17H,5-6H2,1-4H3. The molecule has 0 bridgehead atoms. The molecule has 0 aliphatic heterocycles. The molecule has 0 saturated heterocycles. The number of nitrogens with one attached hydrogen (secondary N) is 1. The lowest BCUT2D eigenvalue weighted by Crippen LogP contribution is -2.19. The molecule has 0 unspecified atom stereocenters. The van der Waals surface area contributed by atoms with E-state index in [-0.39, 0.29) is 18.8 Å². The molecule has 0 aliphatic carbocycles. The number of hydrogen-bond acceptors (Lipinski definition) is 6. The molecule has 0 aromatic heterocycles. The van der Waals surface area contributed by atoms with E-state index in [4.69, 9.17) is 14.2 Å². The Morgan fingerprint density at radius 3 is 2.23 bits per heavy atom. The summed E-state index contributed by atoms with van der Waals surface area (Å²) < 4.78 is 14.9. The minimum Gasteiger partial charge on any atom is -0.497 e. The molecule has 6 nitrogen and oxygen atoms in total. The Bertz CT molecular complexity index is 546. The van der Waals surface area contributed by atoms with Gasteiger partial charge in [0.15, 0.2) is 5.57 Å². The lowest BCUT2D eigenvalue weighted by atomic mass is 10.2.